The Morgan fingerprint density at radius 3 is 1.53 bits per heavy atom. The van der Waals surface area contributed by atoms with Crippen LogP contribution in [0.4, 0.5) is 0 Å². The molecule has 0 saturated carbocycles. The molecule has 0 amide bonds. The molecule has 2 aromatic carbocycles. The maximum atomic E-state index is 2.33. The molecule has 0 aliphatic heterocycles. The molecule has 1 nitrogen and oxygen atoms in total. The van der Waals surface area contributed by atoms with Crippen molar-refractivity contribution >= 4 is 0 Å². The second-order valence-electron chi connectivity index (χ2n) is 6.17. The number of likely N-dealkylation sites (N-methyl/N-ethyl adjacent to an activating group) is 1. The average molecular weight is 254 g/mol. The van der Waals surface area contributed by atoms with E-state index < -0.39 is 0 Å². The Kier molecular flexibility index (Phi) is 4.06. The molecule has 0 saturated heterocycles. The molecule has 0 heterocycles. The average Bonchev–Trinajstić information content (AvgIpc) is 2.39. The molecular weight excluding hydrogens is 230 g/mol. The number of nitrogens with zero attached hydrogens (tertiary/aromatic N) is 1. The monoisotopic (exact) mass is 254 g/mol. The molecule has 2 atom stereocenters. The lowest BCUT2D eigenvalue weighted by molar-refractivity contribution is -0.904. The van der Waals surface area contributed by atoms with E-state index in [4.69, 9.17) is 0 Å². The highest BCUT2D eigenvalue weighted by atomic mass is 15.3. The minimum absolute atomic E-state index is 0.462. The van der Waals surface area contributed by atoms with Gasteiger partial charge in [-0.1, -0.05) is 67.6 Å². The van der Waals surface area contributed by atoms with Crippen LogP contribution in [0, 0.1) is 0 Å². The van der Waals surface area contributed by atoms with Crippen LogP contribution in [0.5, 0.6) is 0 Å². The van der Waals surface area contributed by atoms with Gasteiger partial charge in [-0.3, -0.25) is 0 Å². The van der Waals surface area contributed by atoms with E-state index in [9.17, 15) is 0 Å². The molecule has 1 heteroatoms. The fourth-order valence-electron chi connectivity index (χ4n) is 3.00. The van der Waals surface area contributed by atoms with E-state index in [1.807, 2.05) is 0 Å². The molecule has 0 aromatic heterocycles. The van der Waals surface area contributed by atoms with Crippen LogP contribution in [-0.2, 0) is 0 Å². The van der Waals surface area contributed by atoms with Crippen molar-refractivity contribution in [1.29, 1.82) is 0 Å². The lowest BCUT2D eigenvalue weighted by atomic mass is 9.87. The van der Waals surface area contributed by atoms with Gasteiger partial charge in [0.05, 0.1) is 21.1 Å². The summed E-state index contributed by atoms with van der Waals surface area (Å²) in [6.45, 7) is 2.33. The first-order valence-corrected chi connectivity index (χ1v) is 6.91. The van der Waals surface area contributed by atoms with Gasteiger partial charge in [0, 0.05) is 11.5 Å². The first-order valence-electron chi connectivity index (χ1n) is 6.91. The Bertz CT molecular complexity index is 496. The van der Waals surface area contributed by atoms with Crippen molar-refractivity contribution < 1.29 is 4.48 Å². The summed E-state index contributed by atoms with van der Waals surface area (Å²) in [6.07, 6.45) is 0. The highest BCUT2D eigenvalue weighted by Crippen LogP contribution is 2.37. The van der Waals surface area contributed by atoms with Crippen molar-refractivity contribution in [1.82, 2.24) is 0 Å². The predicted molar refractivity (Wildman–Crippen MR) is 82.1 cm³/mol. The lowest BCUT2D eigenvalue weighted by Gasteiger charge is -2.38. The molecular formula is C18H24N+. The second-order valence-corrected chi connectivity index (χ2v) is 6.17. The van der Waals surface area contributed by atoms with E-state index in [2.05, 4.69) is 88.7 Å². The van der Waals surface area contributed by atoms with Crippen LogP contribution in [0.3, 0.4) is 0 Å². The minimum atomic E-state index is 0.462. The number of rotatable bonds is 4. The summed E-state index contributed by atoms with van der Waals surface area (Å²) < 4.78 is 0.931. The third-order valence-electron chi connectivity index (χ3n) is 3.77. The molecule has 2 unspecified atom stereocenters. The maximum Gasteiger partial charge on any atom is 0.121 e. The van der Waals surface area contributed by atoms with Crippen LogP contribution >= 0.6 is 0 Å². The van der Waals surface area contributed by atoms with Crippen LogP contribution in [-0.4, -0.2) is 25.6 Å². The van der Waals surface area contributed by atoms with Gasteiger partial charge >= 0.3 is 0 Å². The van der Waals surface area contributed by atoms with E-state index in [0.717, 1.165) is 4.48 Å². The van der Waals surface area contributed by atoms with Crippen molar-refractivity contribution in [2.75, 3.05) is 21.1 Å². The molecule has 0 fully saturated rings. The zero-order valence-corrected chi connectivity index (χ0v) is 12.4. The number of hydrogen-bond donors (Lipinski definition) is 0. The molecule has 0 aliphatic carbocycles. The van der Waals surface area contributed by atoms with Gasteiger partial charge in [0.15, 0.2) is 0 Å². The molecule has 19 heavy (non-hydrogen) atoms. The normalized spacial score (nSPS) is 14.9. The predicted octanol–water partition coefficient (Wildman–Crippen LogP) is 4.24. The third-order valence-corrected chi connectivity index (χ3v) is 3.77. The van der Waals surface area contributed by atoms with Gasteiger partial charge < -0.3 is 4.48 Å². The summed E-state index contributed by atoms with van der Waals surface area (Å²) in [5.41, 5.74) is 2.82. The first kappa shape index (κ1) is 13.8. The van der Waals surface area contributed by atoms with Crippen LogP contribution in [0.25, 0.3) is 0 Å². The zero-order chi connectivity index (χ0) is 13.9. The Morgan fingerprint density at radius 1 is 0.684 bits per heavy atom. The fraction of sp³-hybridized carbons (Fsp3) is 0.333. The van der Waals surface area contributed by atoms with Crippen LogP contribution in [0.2, 0.25) is 0 Å². The summed E-state index contributed by atoms with van der Waals surface area (Å²) in [4.78, 5) is 0. The Hall–Kier alpha value is -1.60. The summed E-state index contributed by atoms with van der Waals surface area (Å²) in [5.74, 6) is 0.489. The Labute approximate surface area is 117 Å². The molecule has 0 bridgehead atoms. The van der Waals surface area contributed by atoms with Crippen LogP contribution < -0.4 is 0 Å². The molecule has 100 valence electrons. The third kappa shape index (κ3) is 3.24. The highest BCUT2D eigenvalue weighted by Gasteiger charge is 2.32. The van der Waals surface area contributed by atoms with Crippen molar-refractivity contribution in [2.24, 2.45) is 0 Å². The number of quaternary nitrogens is 1. The van der Waals surface area contributed by atoms with Crippen molar-refractivity contribution in [2.45, 2.75) is 18.9 Å². The Morgan fingerprint density at radius 2 is 1.11 bits per heavy atom. The maximum absolute atomic E-state index is 2.33. The quantitative estimate of drug-likeness (QED) is 0.716. The van der Waals surface area contributed by atoms with E-state index in [1.54, 1.807) is 0 Å². The first-order chi connectivity index (χ1) is 9.00. The van der Waals surface area contributed by atoms with Gasteiger partial charge in [-0.05, 0) is 5.56 Å². The SMILES string of the molecule is CC(c1ccccc1)C(c1ccccc1)[N+](C)(C)C. The summed E-state index contributed by atoms with van der Waals surface area (Å²) in [6, 6.07) is 22.1. The largest absolute Gasteiger partial charge is 0.324 e. The fourth-order valence-corrected chi connectivity index (χ4v) is 3.00. The van der Waals surface area contributed by atoms with E-state index in [-0.39, 0.29) is 0 Å². The molecule has 0 N–H and O–H groups in total. The van der Waals surface area contributed by atoms with Gasteiger partial charge in [0.2, 0.25) is 0 Å². The standard InChI is InChI=1S/C18H24N/c1-15(16-11-7-5-8-12-16)18(19(2,3)4)17-13-9-6-10-14-17/h5-15,18H,1-4H3/q+1. The van der Waals surface area contributed by atoms with E-state index >= 15 is 0 Å². The van der Waals surface area contributed by atoms with Crippen LogP contribution in [0.15, 0.2) is 60.7 Å². The smallest absolute Gasteiger partial charge is 0.121 e. The molecule has 0 spiro atoms. The van der Waals surface area contributed by atoms with Gasteiger partial charge in [0.1, 0.15) is 6.04 Å². The van der Waals surface area contributed by atoms with Crippen LogP contribution in [0.1, 0.15) is 30.0 Å². The molecule has 2 rings (SSSR count). The van der Waals surface area contributed by atoms with Gasteiger partial charge in [-0.25, -0.2) is 0 Å². The zero-order valence-electron chi connectivity index (χ0n) is 12.4. The topological polar surface area (TPSA) is 0 Å². The molecule has 0 radical (unpaired) electrons. The molecule has 2 aromatic rings. The van der Waals surface area contributed by atoms with Gasteiger partial charge in [-0.15, -0.1) is 0 Å². The second kappa shape index (κ2) is 5.58. The van der Waals surface area contributed by atoms with Crippen molar-refractivity contribution in [3.63, 3.8) is 0 Å². The van der Waals surface area contributed by atoms with E-state index in [0.29, 0.717) is 12.0 Å². The number of benzene rings is 2. The van der Waals surface area contributed by atoms with Gasteiger partial charge in [-0.2, -0.15) is 0 Å². The van der Waals surface area contributed by atoms with Gasteiger partial charge in [0.25, 0.3) is 0 Å². The van der Waals surface area contributed by atoms with Crippen molar-refractivity contribution in [3.05, 3.63) is 71.8 Å². The Balaban J connectivity index is 2.40. The molecule has 0 aliphatic rings. The van der Waals surface area contributed by atoms with E-state index in [1.165, 1.54) is 11.1 Å². The highest BCUT2D eigenvalue weighted by molar-refractivity contribution is 5.26. The summed E-state index contributed by atoms with van der Waals surface area (Å²) in [5, 5.41) is 0. The minimum Gasteiger partial charge on any atom is -0.324 e. The number of hydrogen-bond acceptors (Lipinski definition) is 0. The van der Waals surface area contributed by atoms with Crippen molar-refractivity contribution in [3.8, 4) is 0 Å². The lowest BCUT2D eigenvalue weighted by Crippen LogP contribution is -2.41. The summed E-state index contributed by atoms with van der Waals surface area (Å²) in [7, 11) is 6.82. The summed E-state index contributed by atoms with van der Waals surface area (Å²) >= 11 is 0.